The number of para-hydroxylation sites is 1. The Bertz CT molecular complexity index is 437. The lowest BCUT2D eigenvalue weighted by Gasteiger charge is -2.13. The van der Waals surface area contributed by atoms with Crippen LogP contribution in [0.5, 0.6) is 0 Å². The van der Waals surface area contributed by atoms with Gasteiger partial charge in [0.15, 0.2) is 0 Å². The lowest BCUT2D eigenvalue weighted by atomic mass is 10.2. The van der Waals surface area contributed by atoms with Crippen molar-refractivity contribution < 1.29 is 9.59 Å². The maximum Gasteiger partial charge on any atom is 0.241 e. The van der Waals surface area contributed by atoms with Gasteiger partial charge in [0.05, 0.1) is 17.5 Å². The maximum atomic E-state index is 11.7. The number of anilines is 1. The highest BCUT2D eigenvalue weighted by Crippen LogP contribution is 2.26. The van der Waals surface area contributed by atoms with E-state index in [2.05, 4.69) is 5.32 Å². The Morgan fingerprint density at radius 2 is 2.06 bits per heavy atom. The molecule has 0 fully saturated rings. The second-order valence-corrected chi connectivity index (χ2v) is 4.77. The SMILES string of the molecule is CC[C@@H](N)C(=O)Nc1ccccc1SCC(N)=O. The molecule has 5 N–H and O–H groups in total. The predicted octanol–water partition coefficient (Wildman–Crippen LogP) is 0.940. The molecule has 0 spiro atoms. The molecule has 0 saturated heterocycles. The van der Waals surface area contributed by atoms with Gasteiger partial charge in [-0.2, -0.15) is 0 Å². The molecule has 98 valence electrons. The summed E-state index contributed by atoms with van der Waals surface area (Å²) >= 11 is 1.29. The van der Waals surface area contributed by atoms with Crippen molar-refractivity contribution in [1.29, 1.82) is 0 Å². The number of thioether (sulfide) groups is 1. The molecular formula is C12H17N3O2S. The number of rotatable bonds is 6. The van der Waals surface area contributed by atoms with Crippen LogP contribution in [0.25, 0.3) is 0 Å². The number of hydrogen-bond acceptors (Lipinski definition) is 4. The van der Waals surface area contributed by atoms with Crippen molar-refractivity contribution in [1.82, 2.24) is 0 Å². The van der Waals surface area contributed by atoms with Crippen LogP contribution in [0.1, 0.15) is 13.3 Å². The summed E-state index contributed by atoms with van der Waals surface area (Å²) in [6, 6.07) is 6.70. The molecule has 0 heterocycles. The zero-order valence-electron chi connectivity index (χ0n) is 10.2. The summed E-state index contributed by atoms with van der Waals surface area (Å²) < 4.78 is 0. The largest absolute Gasteiger partial charge is 0.369 e. The smallest absolute Gasteiger partial charge is 0.241 e. The van der Waals surface area contributed by atoms with Gasteiger partial charge in [0.25, 0.3) is 0 Å². The van der Waals surface area contributed by atoms with Crippen molar-refractivity contribution >= 4 is 29.3 Å². The van der Waals surface area contributed by atoms with Crippen LogP contribution in [0, 0.1) is 0 Å². The molecule has 0 unspecified atom stereocenters. The van der Waals surface area contributed by atoms with E-state index < -0.39 is 11.9 Å². The first kappa shape index (κ1) is 14.5. The van der Waals surface area contributed by atoms with Crippen LogP contribution in [-0.4, -0.2) is 23.6 Å². The van der Waals surface area contributed by atoms with Crippen LogP contribution in [0.4, 0.5) is 5.69 Å². The number of carbonyl (C=O) groups is 2. The summed E-state index contributed by atoms with van der Waals surface area (Å²) in [5, 5.41) is 2.75. The second kappa shape index (κ2) is 7.03. The molecule has 0 aliphatic rings. The lowest BCUT2D eigenvalue weighted by Crippen LogP contribution is -2.34. The Balaban J connectivity index is 2.75. The monoisotopic (exact) mass is 267 g/mol. The van der Waals surface area contributed by atoms with Crippen molar-refractivity contribution in [2.24, 2.45) is 11.5 Å². The highest BCUT2D eigenvalue weighted by Gasteiger charge is 2.13. The van der Waals surface area contributed by atoms with Crippen molar-refractivity contribution in [3.05, 3.63) is 24.3 Å². The predicted molar refractivity (Wildman–Crippen MR) is 73.3 cm³/mol. The van der Waals surface area contributed by atoms with Gasteiger partial charge in [-0.15, -0.1) is 11.8 Å². The number of nitrogens with one attached hydrogen (secondary N) is 1. The molecule has 0 aromatic heterocycles. The van der Waals surface area contributed by atoms with Crippen LogP contribution in [-0.2, 0) is 9.59 Å². The molecule has 1 aromatic rings. The Hall–Kier alpha value is -1.53. The minimum atomic E-state index is -0.529. The van der Waals surface area contributed by atoms with Gasteiger partial charge in [-0.3, -0.25) is 9.59 Å². The first-order valence-electron chi connectivity index (χ1n) is 5.61. The van der Waals surface area contributed by atoms with E-state index >= 15 is 0 Å². The van der Waals surface area contributed by atoms with Crippen molar-refractivity contribution in [3.63, 3.8) is 0 Å². The number of amides is 2. The summed E-state index contributed by atoms with van der Waals surface area (Å²) in [7, 11) is 0. The third kappa shape index (κ3) is 4.38. The second-order valence-electron chi connectivity index (χ2n) is 3.76. The van der Waals surface area contributed by atoms with Gasteiger partial charge < -0.3 is 16.8 Å². The van der Waals surface area contributed by atoms with Crippen LogP contribution in [0.15, 0.2) is 29.2 Å². The fraction of sp³-hybridized carbons (Fsp3) is 0.333. The van der Waals surface area contributed by atoms with Crippen LogP contribution >= 0.6 is 11.8 Å². The van der Waals surface area contributed by atoms with E-state index in [1.165, 1.54) is 11.8 Å². The summed E-state index contributed by atoms with van der Waals surface area (Å²) in [5.41, 5.74) is 11.4. The van der Waals surface area contributed by atoms with Crippen LogP contribution in [0.3, 0.4) is 0 Å². The molecule has 2 amide bonds. The first-order valence-corrected chi connectivity index (χ1v) is 6.59. The molecule has 0 saturated carbocycles. The van der Waals surface area contributed by atoms with Crippen molar-refractivity contribution in [3.8, 4) is 0 Å². The third-order valence-corrected chi connectivity index (χ3v) is 3.39. The zero-order chi connectivity index (χ0) is 13.5. The van der Waals surface area contributed by atoms with Crippen molar-refractivity contribution in [2.45, 2.75) is 24.3 Å². The van der Waals surface area contributed by atoms with E-state index in [0.29, 0.717) is 12.1 Å². The van der Waals surface area contributed by atoms with Gasteiger partial charge in [0.2, 0.25) is 11.8 Å². The fourth-order valence-electron chi connectivity index (χ4n) is 1.26. The maximum absolute atomic E-state index is 11.7. The molecule has 1 atom stereocenters. The number of benzene rings is 1. The molecule has 5 nitrogen and oxygen atoms in total. The van der Waals surface area contributed by atoms with E-state index in [1.807, 2.05) is 19.1 Å². The van der Waals surface area contributed by atoms with E-state index in [0.717, 1.165) is 4.90 Å². The summed E-state index contributed by atoms with van der Waals surface area (Å²) in [5.74, 6) is -0.455. The molecular weight excluding hydrogens is 250 g/mol. The normalized spacial score (nSPS) is 11.9. The molecule has 0 radical (unpaired) electrons. The Morgan fingerprint density at radius 1 is 1.39 bits per heavy atom. The van der Waals surface area contributed by atoms with Gasteiger partial charge in [0.1, 0.15) is 0 Å². The van der Waals surface area contributed by atoms with Crippen molar-refractivity contribution in [2.75, 3.05) is 11.1 Å². The number of nitrogens with two attached hydrogens (primary N) is 2. The van der Waals surface area contributed by atoms with Crippen LogP contribution < -0.4 is 16.8 Å². The Morgan fingerprint density at radius 3 is 2.67 bits per heavy atom. The highest BCUT2D eigenvalue weighted by atomic mass is 32.2. The van der Waals surface area contributed by atoms with E-state index in [9.17, 15) is 9.59 Å². The molecule has 0 bridgehead atoms. The summed E-state index contributed by atoms with van der Waals surface area (Å²) in [4.78, 5) is 23.3. The third-order valence-electron chi connectivity index (χ3n) is 2.29. The minimum Gasteiger partial charge on any atom is -0.369 e. The van der Waals surface area contributed by atoms with Gasteiger partial charge in [-0.05, 0) is 18.6 Å². The van der Waals surface area contributed by atoms with Gasteiger partial charge in [-0.1, -0.05) is 19.1 Å². The van der Waals surface area contributed by atoms with Gasteiger partial charge >= 0.3 is 0 Å². The lowest BCUT2D eigenvalue weighted by molar-refractivity contribution is -0.117. The average Bonchev–Trinajstić information content (AvgIpc) is 2.36. The minimum absolute atomic E-state index is 0.173. The van der Waals surface area contributed by atoms with Gasteiger partial charge in [0, 0.05) is 4.90 Å². The van der Waals surface area contributed by atoms with Crippen LogP contribution in [0.2, 0.25) is 0 Å². The summed E-state index contributed by atoms with van der Waals surface area (Å²) in [6.07, 6.45) is 0.572. The standard InChI is InChI=1S/C12H17N3O2S/c1-2-8(13)12(17)15-9-5-3-4-6-10(9)18-7-11(14)16/h3-6,8H,2,7,13H2,1H3,(H2,14,16)(H,15,17)/t8-/m1/s1. The quantitative estimate of drug-likeness (QED) is 0.668. The summed E-state index contributed by atoms with van der Waals surface area (Å²) in [6.45, 7) is 1.85. The molecule has 6 heteroatoms. The Kier molecular flexibility index (Phi) is 5.67. The number of primary amides is 1. The number of carbonyl (C=O) groups excluding carboxylic acids is 2. The average molecular weight is 267 g/mol. The highest BCUT2D eigenvalue weighted by molar-refractivity contribution is 8.00. The molecule has 0 aliphatic heterocycles. The Labute approximate surface area is 110 Å². The van der Waals surface area contributed by atoms with E-state index in [-0.39, 0.29) is 11.7 Å². The molecule has 0 aliphatic carbocycles. The topological polar surface area (TPSA) is 98.2 Å². The number of hydrogen-bond donors (Lipinski definition) is 3. The van der Waals surface area contributed by atoms with E-state index in [1.54, 1.807) is 12.1 Å². The molecule has 1 aromatic carbocycles. The van der Waals surface area contributed by atoms with E-state index in [4.69, 9.17) is 11.5 Å². The molecule has 18 heavy (non-hydrogen) atoms. The van der Waals surface area contributed by atoms with Gasteiger partial charge in [-0.25, -0.2) is 0 Å². The zero-order valence-corrected chi connectivity index (χ0v) is 11.0. The molecule has 1 rings (SSSR count). The first-order chi connectivity index (χ1) is 8.54. The fourth-order valence-corrected chi connectivity index (χ4v) is 2.00.